The van der Waals surface area contributed by atoms with Crippen molar-refractivity contribution in [2.45, 2.75) is 6.92 Å². The molecule has 0 saturated carbocycles. The quantitative estimate of drug-likeness (QED) is 0.588. The van der Waals surface area contributed by atoms with Crippen LogP contribution in [0.5, 0.6) is 0 Å². The molecule has 23 heavy (non-hydrogen) atoms. The summed E-state index contributed by atoms with van der Waals surface area (Å²) in [6.07, 6.45) is 0. The Labute approximate surface area is 132 Å². The Morgan fingerprint density at radius 1 is 1.17 bits per heavy atom. The van der Waals surface area contributed by atoms with Crippen molar-refractivity contribution < 1.29 is 4.42 Å². The maximum absolute atomic E-state index is 8.66. The first-order valence-electron chi connectivity index (χ1n) is 6.82. The zero-order valence-corrected chi connectivity index (χ0v) is 12.2. The summed E-state index contributed by atoms with van der Waals surface area (Å²) in [6.45, 7) is 2.00. The number of nitrogens with zero attached hydrogens (tertiary/aromatic N) is 4. The topological polar surface area (TPSA) is 98.0 Å². The molecule has 0 aliphatic carbocycles. The van der Waals surface area contributed by atoms with E-state index in [-0.39, 0.29) is 5.71 Å². The number of nitriles is 2. The molecule has 0 saturated heterocycles. The number of oxazole rings is 1. The number of fused-ring (bicyclic) bond motifs is 1. The van der Waals surface area contributed by atoms with Crippen LogP contribution in [0.2, 0.25) is 0 Å². The minimum Gasteiger partial charge on any atom is -0.436 e. The van der Waals surface area contributed by atoms with Crippen molar-refractivity contribution in [3.8, 4) is 23.6 Å². The number of aromatic nitrogens is 1. The SMILES string of the molecule is Cc1ccccc1-c1nc2cc(NN=C(C#N)C#N)ccc2o1. The normalized spacial score (nSPS) is 9.87. The molecule has 1 heterocycles. The lowest BCUT2D eigenvalue weighted by molar-refractivity contribution is 0.619. The molecule has 0 radical (unpaired) electrons. The van der Waals surface area contributed by atoms with Gasteiger partial charge in [-0.15, -0.1) is 0 Å². The number of hydrogen-bond donors (Lipinski definition) is 1. The van der Waals surface area contributed by atoms with Crippen molar-refractivity contribution in [1.82, 2.24) is 4.98 Å². The molecular formula is C17H11N5O. The van der Waals surface area contributed by atoms with Crippen molar-refractivity contribution in [3.63, 3.8) is 0 Å². The van der Waals surface area contributed by atoms with E-state index < -0.39 is 0 Å². The summed E-state index contributed by atoms with van der Waals surface area (Å²) >= 11 is 0. The van der Waals surface area contributed by atoms with Crippen LogP contribution in [0.4, 0.5) is 5.69 Å². The van der Waals surface area contributed by atoms with E-state index in [1.165, 1.54) is 0 Å². The lowest BCUT2D eigenvalue weighted by Crippen LogP contribution is -1.95. The number of hydrogen-bond acceptors (Lipinski definition) is 6. The van der Waals surface area contributed by atoms with Crippen molar-refractivity contribution in [3.05, 3.63) is 48.0 Å². The number of rotatable bonds is 3. The number of aryl methyl sites for hydroxylation is 1. The van der Waals surface area contributed by atoms with Crippen LogP contribution < -0.4 is 5.43 Å². The van der Waals surface area contributed by atoms with E-state index in [1.54, 1.807) is 30.3 Å². The minimum absolute atomic E-state index is 0.245. The molecule has 2 aromatic carbocycles. The Hall–Kier alpha value is -3.64. The first-order chi connectivity index (χ1) is 11.2. The first-order valence-corrected chi connectivity index (χ1v) is 6.82. The lowest BCUT2D eigenvalue weighted by atomic mass is 10.1. The molecule has 0 unspecified atom stereocenters. The summed E-state index contributed by atoms with van der Waals surface area (Å²) in [6, 6.07) is 16.5. The number of hydrazone groups is 1. The van der Waals surface area contributed by atoms with E-state index >= 15 is 0 Å². The van der Waals surface area contributed by atoms with Gasteiger partial charge in [0.15, 0.2) is 5.58 Å². The van der Waals surface area contributed by atoms with Crippen LogP contribution in [0.1, 0.15) is 5.56 Å². The second-order valence-electron chi connectivity index (χ2n) is 4.81. The molecule has 0 amide bonds. The van der Waals surface area contributed by atoms with Gasteiger partial charge in [-0.25, -0.2) is 4.98 Å². The average molecular weight is 301 g/mol. The van der Waals surface area contributed by atoms with E-state index in [1.807, 2.05) is 31.2 Å². The summed E-state index contributed by atoms with van der Waals surface area (Å²) in [5.74, 6) is 0.550. The second kappa shape index (κ2) is 6.00. The van der Waals surface area contributed by atoms with Crippen LogP contribution in [-0.2, 0) is 0 Å². The highest BCUT2D eigenvalue weighted by Gasteiger charge is 2.10. The van der Waals surface area contributed by atoms with Gasteiger partial charge in [0.05, 0.1) is 5.69 Å². The summed E-state index contributed by atoms with van der Waals surface area (Å²) in [5.41, 5.74) is 6.36. The molecule has 0 spiro atoms. The van der Waals surface area contributed by atoms with E-state index in [2.05, 4.69) is 15.5 Å². The number of benzene rings is 2. The summed E-state index contributed by atoms with van der Waals surface area (Å²) < 4.78 is 5.78. The van der Waals surface area contributed by atoms with Gasteiger partial charge < -0.3 is 4.42 Å². The van der Waals surface area contributed by atoms with Crippen molar-refractivity contribution >= 4 is 22.5 Å². The van der Waals surface area contributed by atoms with E-state index in [9.17, 15) is 0 Å². The molecule has 3 rings (SSSR count). The monoisotopic (exact) mass is 301 g/mol. The Balaban J connectivity index is 1.96. The highest BCUT2D eigenvalue weighted by atomic mass is 16.3. The van der Waals surface area contributed by atoms with Gasteiger partial charge in [-0.2, -0.15) is 15.6 Å². The molecular weight excluding hydrogens is 290 g/mol. The minimum atomic E-state index is -0.245. The van der Waals surface area contributed by atoms with Gasteiger partial charge in [0, 0.05) is 5.56 Å². The van der Waals surface area contributed by atoms with Crippen molar-refractivity contribution in [2.75, 3.05) is 5.43 Å². The molecule has 0 aliphatic rings. The van der Waals surface area contributed by atoms with E-state index in [4.69, 9.17) is 14.9 Å². The lowest BCUT2D eigenvalue weighted by Gasteiger charge is -1.98. The smallest absolute Gasteiger partial charge is 0.237 e. The molecule has 6 heteroatoms. The zero-order chi connectivity index (χ0) is 16.2. The molecule has 0 aliphatic heterocycles. The Morgan fingerprint density at radius 3 is 2.70 bits per heavy atom. The third-order valence-electron chi connectivity index (χ3n) is 3.27. The fraction of sp³-hybridized carbons (Fsp3) is 0.0588. The molecule has 3 aromatic rings. The van der Waals surface area contributed by atoms with E-state index in [0.717, 1.165) is 11.1 Å². The van der Waals surface area contributed by atoms with Gasteiger partial charge in [0.2, 0.25) is 11.6 Å². The first kappa shape index (κ1) is 14.3. The van der Waals surface area contributed by atoms with Crippen LogP contribution in [-0.4, -0.2) is 10.7 Å². The van der Waals surface area contributed by atoms with E-state index in [0.29, 0.717) is 22.7 Å². The predicted octanol–water partition coefficient (Wildman–Crippen LogP) is 3.62. The van der Waals surface area contributed by atoms with Crippen molar-refractivity contribution in [2.24, 2.45) is 5.10 Å². The predicted molar refractivity (Wildman–Crippen MR) is 86.5 cm³/mol. The van der Waals surface area contributed by atoms with Gasteiger partial charge in [0.1, 0.15) is 17.7 Å². The molecule has 0 fully saturated rings. The Kier molecular flexibility index (Phi) is 3.73. The zero-order valence-electron chi connectivity index (χ0n) is 12.2. The Morgan fingerprint density at radius 2 is 1.96 bits per heavy atom. The van der Waals surface area contributed by atoms with Crippen LogP contribution in [0, 0.1) is 29.6 Å². The summed E-state index contributed by atoms with van der Waals surface area (Å²) in [7, 11) is 0. The molecule has 0 bridgehead atoms. The molecule has 1 N–H and O–H groups in total. The van der Waals surface area contributed by atoms with Crippen molar-refractivity contribution in [1.29, 1.82) is 10.5 Å². The van der Waals surface area contributed by atoms with Gasteiger partial charge in [-0.3, -0.25) is 5.43 Å². The average Bonchev–Trinajstić information content (AvgIpc) is 2.99. The largest absolute Gasteiger partial charge is 0.436 e. The van der Waals surface area contributed by atoms with Gasteiger partial charge in [0.25, 0.3) is 0 Å². The van der Waals surface area contributed by atoms with Crippen LogP contribution >= 0.6 is 0 Å². The maximum atomic E-state index is 8.66. The molecule has 0 atom stereocenters. The van der Waals surface area contributed by atoms with Crippen LogP contribution in [0.15, 0.2) is 52.0 Å². The fourth-order valence-electron chi connectivity index (χ4n) is 2.12. The van der Waals surface area contributed by atoms with Crippen LogP contribution in [0.25, 0.3) is 22.6 Å². The van der Waals surface area contributed by atoms with Gasteiger partial charge >= 0.3 is 0 Å². The molecule has 6 nitrogen and oxygen atoms in total. The summed E-state index contributed by atoms with van der Waals surface area (Å²) in [4.78, 5) is 4.49. The van der Waals surface area contributed by atoms with Crippen LogP contribution in [0.3, 0.4) is 0 Å². The Bertz CT molecular complexity index is 972. The number of nitrogens with one attached hydrogen (secondary N) is 1. The number of anilines is 1. The summed E-state index contributed by atoms with van der Waals surface area (Å²) in [5, 5.41) is 21.0. The second-order valence-corrected chi connectivity index (χ2v) is 4.81. The highest BCUT2D eigenvalue weighted by Crippen LogP contribution is 2.28. The maximum Gasteiger partial charge on any atom is 0.237 e. The third kappa shape index (κ3) is 2.87. The van der Waals surface area contributed by atoms with Gasteiger partial charge in [-0.1, -0.05) is 18.2 Å². The standard InChI is InChI=1S/C17H11N5O/c1-11-4-2-3-5-14(11)17-20-15-8-12(6-7-16(15)23-17)21-22-13(9-18)10-19/h2-8,21H,1H3. The fourth-order valence-corrected chi connectivity index (χ4v) is 2.12. The highest BCUT2D eigenvalue weighted by molar-refractivity contribution is 6.10. The molecule has 110 valence electrons. The molecule has 1 aromatic heterocycles. The van der Waals surface area contributed by atoms with Gasteiger partial charge in [-0.05, 0) is 36.8 Å². The third-order valence-corrected chi connectivity index (χ3v) is 3.27.